The summed E-state index contributed by atoms with van der Waals surface area (Å²) >= 11 is 0. The van der Waals surface area contributed by atoms with Gasteiger partial charge in [-0.05, 0) is 42.7 Å². The van der Waals surface area contributed by atoms with Gasteiger partial charge in [0.05, 0.1) is 19.8 Å². The second-order valence-corrected chi connectivity index (χ2v) is 7.58. The number of rotatable bonds is 10. The molecule has 3 N–H and O–H groups in total. The number of aromatic nitrogens is 1. The summed E-state index contributed by atoms with van der Waals surface area (Å²) in [4.78, 5) is 16.8. The fourth-order valence-corrected chi connectivity index (χ4v) is 3.56. The second kappa shape index (κ2) is 11.5. The fourth-order valence-electron chi connectivity index (χ4n) is 3.56. The predicted octanol–water partition coefficient (Wildman–Crippen LogP) is 2.37. The van der Waals surface area contributed by atoms with Crippen molar-refractivity contribution in [3.05, 3.63) is 65.5 Å². The van der Waals surface area contributed by atoms with Crippen LogP contribution in [0.2, 0.25) is 0 Å². The second-order valence-electron chi connectivity index (χ2n) is 7.58. The van der Waals surface area contributed by atoms with Gasteiger partial charge < -0.3 is 25.4 Å². The molecular weight excluding hydrogens is 392 g/mol. The molecule has 0 bridgehead atoms. The summed E-state index contributed by atoms with van der Waals surface area (Å²) in [6, 6.07) is 11.6. The van der Waals surface area contributed by atoms with E-state index in [-0.39, 0.29) is 12.0 Å². The normalized spacial score (nSPS) is 15.9. The molecule has 0 aliphatic carbocycles. The lowest BCUT2D eigenvalue weighted by molar-refractivity contribution is 0.0226. The van der Waals surface area contributed by atoms with Crippen molar-refractivity contribution >= 4 is 11.6 Å². The molecule has 1 aliphatic rings. The number of nitrogens with zero attached hydrogens (tertiary/aromatic N) is 1. The highest BCUT2D eigenvalue weighted by atomic mass is 16.5. The zero-order valence-corrected chi connectivity index (χ0v) is 18.4. The van der Waals surface area contributed by atoms with E-state index in [1.54, 1.807) is 20.2 Å². The number of pyridine rings is 1. The maximum absolute atomic E-state index is 12.3. The first-order valence-corrected chi connectivity index (χ1v) is 10.7. The monoisotopic (exact) mass is 424 g/mol. The van der Waals surface area contributed by atoms with Crippen LogP contribution >= 0.6 is 0 Å². The SMILES string of the molecule is C=C(NCCC[C@@H]1CNCCO1)c1cc(Cc2cccc(OC)c2)nc(C(=O)NC)c1. The highest BCUT2D eigenvalue weighted by molar-refractivity contribution is 5.93. The first-order valence-electron chi connectivity index (χ1n) is 10.7. The third-order valence-electron chi connectivity index (χ3n) is 5.25. The number of methoxy groups -OCH3 is 1. The van der Waals surface area contributed by atoms with Gasteiger partial charge in [-0.15, -0.1) is 0 Å². The highest BCUT2D eigenvalue weighted by Gasteiger charge is 2.14. The Balaban J connectivity index is 1.66. The molecule has 1 aliphatic heterocycles. The number of benzene rings is 1. The van der Waals surface area contributed by atoms with Gasteiger partial charge in [0.2, 0.25) is 0 Å². The first kappa shape index (κ1) is 22.8. The molecule has 1 amide bonds. The van der Waals surface area contributed by atoms with Gasteiger partial charge in [-0.25, -0.2) is 4.98 Å². The van der Waals surface area contributed by atoms with E-state index >= 15 is 0 Å². The molecule has 1 aromatic carbocycles. The van der Waals surface area contributed by atoms with Gasteiger partial charge >= 0.3 is 0 Å². The lowest BCUT2D eigenvalue weighted by atomic mass is 10.0. The summed E-state index contributed by atoms with van der Waals surface area (Å²) in [5, 5.41) is 9.39. The van der Waals surface area contributed by atoms with Crippen molar-refractivity contribution in [2.24, 2.45) is 0 Å². The van der Waals surface area contributed by atoms with Crippen LogP contribution in [-0.4, -0.2) is 57.4 Å². The minimum absolute atomic E-state index is 0.219. The zero-order valence-electron chi connectivity index (χ0n) is 18.4. The van der Waals surface area contributed by atoms with E-state index in [2.05, 4.69) is 27.5 Å². The van der Waals surface area contributed by atoms with Gasteiger partial charge in [0.25, 0.3) is 5.91 Å². The quantitative estimate of drug-likeness (QED) is 0.508. The van der Waals surface area contributed by atoms with E-state index in [4.69, 9.17) is 9.47 Å². The average Bonchev–Trinajstić information content (AvgIpc) is 2.81. The highest BCUT2D eigenvalue weighted by Crippen LogP contribution is 2.19. The van der Waals surface area contributed by atoms with E-state index in [9.17, 15) is 4.79 Å². The van der Waals surface area contributed by atoms with Crippen LogP contribution in [0.25, 0.3) is 5.70 Å². The topological polar surface area (TPSA) is 84.5 Å². The summed E-state index contributed by atoms with van der Waals surface area (Å²) in [7, 11) is 3.25. The molecule has 3 rings (SSSR count). The Hall–Kier alpha value is -2.90. The summed E-state index contributed by atoms with van der Waals surface area (Å²) in [6.45, 7) is 7.59. The minimum atomic E-state index is -0.219. The number of hydrogen-bond donors (Lipinski definition) is 3. The van der Waals surface area contributed by atoms with Crippen molar-refractivity contribution in [3.8, 4) is 5.75 Å². The van der Waals surface area contributed by atoms with Crippen LogP contribution in [0, 0.1) is 0 Å². The van der Waals surface area contributed by atoms with Crippen molar-refractivity contribution in [1.82, 2.24) is 20.9 Å². The number of carbonyl (C=O) groups is 1. The first-order chi connectivity index (χ1) is 15.1. The lowest BCUT2D eigenvalue weighted by Gasteiger charge is -2.23. The molecule has 166 valence electrons. The molecule has 7 nitrogen and oxygen atoms in total. The predicted molar refractivity (Wildman–Crippen MR) is 122 cm³/mol. The maximum atomic E-state index is 12.3. The zero-order chi connectivity index (χ0) is 22.1. The van der Waals surface area contributed by atoms with Gasteiger partial charge in [0.15, 0.2) is 0 Å². The number of amides is 1. The molecule has 0 unspecified atom stereocenters. The Labute approximate surface area is 184 Å². The van der Waals surface area contributed by atoms with Crippen molar-refractivity contribution < 1.29 is 14.3 Å². The summed E-state index contributed by atoms with van der Waals surface area (Å²) in [5.41, 5.74) is 3.88. The molecule has 2 heterocycles. The van der Waals surface area contributed by atoms with Crippen LogP contribution in [0.1, 0.15) is 40.2 Å². The third kappa shape index (κ3) is 6.80. The summed E-state index contributed by atoms with van der Waals surface area (Å²) in [5.74, 6) is 0.576. The lowest BCUT2D eigenvalue weighted by Crippen LogP contribution is -2.38. The van der Waals surface area contributed by atoms with Crippen LogP contribution in [0.4, 0.5) is 0 Å². The molecule has 1 aromatic heterocycles. The largest absolute Gasteiger partial charge is 0.497 e. The van der Waals surface area contributed by atoms with Crippen molar-refractivity contribution in [2.75, 3.05) is 40.4 Å². The molecular formula is C24H32N4O3. The molecule has 0 spiro atoms. The Morgan fingerprint density at radius 1 is 1.35 bits per heavy atom. The molecule has 7 heteroatoms. The molecule has 1 fully saturated rings. The van der Waals surface area contributed by atoms with Crippen molar-refractivity contribution in [1.29, 1.82) is 0 Å². The van der Waals surface area contributed by atoms with Crippen LogP contribution < -0.4 is 20.7 Å². The van der Waals surface area contributed by atoms with Gasteiger partial charge in [-0.2, -0.15) is 0 Å². The van der Waals surface area contributed by atoms with E-state index < -0.39 is 0 Å². The summed E-state index contributed by atoms with van der Waals surface area (Å²) < 4.78 is 11.0. The van der Waals surface area contributed by atoms with Crippen molar-refractivity contribution in [2.45, 2.75) is 25.4 Å². The van der Waals surface area contributed by atoms with Crippen LogP contribution in [-0.2, 0) is 11.2 Å². The number of morpholine rings is 1. The van der Waals surface area contributed by atoms with Gasteiger partial charge in [0.1, 0.15) is 11.4 Å². The van der Waals surface area contributed by atoms with Gasteiger partial charge in [-0.1, -0.05) is 18.7 Å². The van der Waals surface area contributed by atoms with Crippen LogP contribution in [0.15, 0.2) is 43.0 Å². The molecule has 1 saturated heterocycles. The Bertz CT molecular complexity index is 894. The number of hydrogen-bond acceptors (Lipinski definition) is 6. The van der Waals surface area contributed by atoms with Crippen LogP contribution in [0.5, 0.6) is 5.75 Å². The maximum Gasteiger partial charge on any atom is 0.269 e. The summed E-state index contributed by atoms with van der Waals surface area (Å²) in [6.07, 6.45) is 2.84. The molecule has 31 heavy (non-hydrogen) atoms. The van der Waals surface area contributed by atoms with Gasteiger partial charge in [-0.3, -0.25) is 4.79 Å². The van der Waals surface area contributed by atoms with E-state index in [0.717, 1.165) is 67.4 Å². The molecule has 0 radical (unpaired) electrons. The Kier molecular flexibility index (Phi) is 8.44. The Morgan fingerprint density at radius 2 is 2.23 bits per heavy atom. The van der Waals surface area contributed by atoms with E-state index in [1.165, 1.54) is 0 Å². The minimum Gasteiger partial charge on any atom is -0.497 e. The standard InChI is InChI=1S/C24H32N4O3/c1-17(27-9-5-8-22-16-26-10-11-31-22)19-14-20(28-23(15-19)24(29)25-2)12-18-6-4-7-21(13-18)30-3/h4,6-7,13-15,22,26-27H,1,5,8-12,16H2,2-3H3,(H,25,29)/t22-/m1/s1. The molecule has 2 aromatic rings. The third-order valence-corrected chi connectivity index (χ3v) is 5.25. The van der Waals surface area contributed by atoms with Crippen molar-refractivity contribution in [3.63, 3.8) is 0 Å². The number of ether oxygens (including phenoxy) is 2. The van der Waals surface area contributed by atoms with E-state index in [1.807, 2.05) is 30.3 Å². The molecule has 1 atom stereocenters. The van der Waals surface area contributed by atoms with Gasteiger partial charge in [0, 0.05) is 50.1 Å². The number of nitrogens with one attached hydrogen (secondary N) is 3. The Morgan fingerprint density at radius 3 is 2.97 bits per heavy atom. The van der Waals surface area contributed by atoms with Crippen LogP contribution in [0.3, 0.4) is 0 Å². The fraction of sp³-hybridized carbons (Fsp3) is 0.417. The smallest absolute Gasteiger partial charge is 0.269 e. The average molecular weight is 425 g/mol. The van der Waals surface area contributed by atoms with E-state index in [0.29, 0.717) is 12.1 Å². The molecule has 0 saturated carbocycles. The number of carbonyl (C=O) groups excluding carboxylic acids is 1.